The molecule has 4 rings (SSSR count). The van der Waals surface area contributed by atoms with E-state index >= 15 is 0 Å². The van der Waals surface area contributed by atoms with Crippen molar-refractivity contribution in [2.24, 2.45) is 5.73 Å². The van der Waals surface area contributed by atoms with Gasteiger partial charge in [0.15, 0.2) is 0 Å². The van der Waals surface area contributed by atoms with E-state index in [4.69, 9.17) is 10.5 Å². The SMILES string of the molecule is C=CCOC(=O)NC1(c2cnccn2)CC1.NC1(c2cnccn2)CC1. The fourth-order valence-corrected chi connectivity index (χ4v) is 2.43. The zero-order valence-corrected chi connectivity index (χ0v) is 14.5. The molecule has 26 heavy (non-hydrogen) atoms. The van der Waals surface area contributed by atoms with Gasteiger partial charge in [-0.25, -0.2) is 4.79 Å². The minimum Gasteiger partial charge on any atom is -0.445 e. The van der Waals surface area contributed by atoms with Gasteiger partial charge in [-0.2, -0.15) is 0 Å². The Hall–Kier alpha value is -2.87. The summed E-state index contributed by atoms with van der Waals surface area (Å²) >= 11 is 0. The summed E-state index contributed by atoms with van der Waals surface area (Å²) in [6.45, 7) is 3.69. The van der Waals surface area contributed by atoms with Gasteiger partial charge in [0.25, 0.3) is 0 Å². The zero-order valence-electron chi connectivity index (χ0n) is 14.5. The van der Waals surface area contributed by atoms with Gasteiger partial charge in [-0.3, -0.25) is 19.9 Å². The number of aromatic nitrogens is 4. The Bertz CT molecular complexity index is 745. The molecule has 2 aliphatic rings. The number of amides is 1. The molecule has 3 N–H and O–H groups in total. The van der Waals surface area contributed by atoms with Gasteiger partial charge in [0, 0.05) is 24.8 Å². The van der Waals surface area contributed by atoms with Gasteiger partial charge >= 0.3 is 6.09 Å². The number of carbonyl (C=O) groups is 1. The fourth-order valence-electron chi connectivity index (χ4n) is 2.43. The lowest BCUT2D eigenvalue weighted by Gasteiger charge is -2.15. The Morgan fingerprint density at radius 1 is 1.12 bits per heavy atom. The zero-order chi connectivity index (χ0) is 18.5. The molecule has 2 aliphatic carbocycles. The number of alkyl carbamates (subject to hydrolysis) is 1. The summed E-state index contributed by atoms with van der Waals surface area (Å²) in [4.78, 5) is 27.7. The lowest BCUT2D eigenvalue weighted by atomic mass is 10.2. The van der Waals surface area contributed by atoms with Gasteiger partial charge < -0.3 is 15.8 Å². The van der Waals surface area contributed by atoms with E-state index in [0.717, 1.165) is 37.1 Å². The van der Waals surface area contributed by atoms with Crippen LogP contribution in [-0.2, 0) is 15.8 Å². The molecule has 8 nitrogen and oxygen atoms in total. The van der Waals surface area contributed by atoms with E-state index in [9.17, 15) is 4.79 Å². The van der Waals surface area contributed by atoms with Gasteiger partial charge in [-0.15, -0.1) is 0 Å². The van der Waals surface area contributed by atoms with Crippen LogP contribution in [0.2, 0.25) is 0 Å². The van der Waals surface area contributed by atoms with E-state index < -0.39 is 6.09 Å². The number of ether oxygens (including phenoxy) is 1. The lowest BCUT2D eigenvalue weighted by molar-refractivity contribution is 0.152. The molecule has 2 saturated carbocycles. The van der Waals surface area contributed by atoms with Crippen molar-refractivity contribution in [2.75, 3.05) is 6.61 Å². The van der Waals surface area contributed by atoms with Crippen molar-refractivity contribution in [3.8, 4) is 0 Å². The third-order valence-electron chi connectivity index (χ3n) is 4.34. The number of hydrogen-bond donors (Lipinski definition) is 2. The quantitative estimate of drug-likeness (QED) is 0.786. The van der Waals surface area contributed by atoms with Crippen LogP contribution in [0, 0.1) is 0 Å². The van der Waals surface area contributed by atoms with Gasteiger partial charge in [0.2, 0.25) is 0 Å². The first-order valence-corrected chi connectivity index (χ1v) is 8.46. The topological polar surface area (TPSA) is 116 Å². The normalized spacial score (nSPS) is 17.9. The van der Waals surface area contributed by atoms with E-state index in [-0.39, 0.29) is 17.7 Å². The van der Waals surface area contributed by atoms with E-state index in [1.54, 1.807) is 37.2 Å². The number of nitrogens with zero attached hydrogens (tertiary/aromatic N) is 4. The van der Waals surface area contributed by atoms with Crippen LogP contribution in [-0.4, -0.2) is 32.6 Å². The van der Waals surface area contributed by atoms with Crippen molar-refractivity contribution < 1.29 is 9.53 Å². The molecule has 2 aromatic heterocycles. The maximum atomic E-state index is 11.4. The molecule has 2 fully saturated rings. The van der Waals surface area contributed by atoms with Crippen molar-refractivity contribution in [2.45, 2.75) is 36.8 Å². The molecule has 0 unspecified atom stereocenters. The third-order valence-corrected chi connectivity index (χ3v) is 4.34. The first kappa shape index (κ1) is 17.9. The molecule has 0 bridgehead atoms. The molecule has 1 amide bonds. The molecule has 0 saturated heterocycles. The summed E-state index contributed by atoms with van der Waals surface area (Å²) in [5.41, 5.74) is 7.07. The highest BCUT2D eigenvalue weighted by Crippen LogP contribution is 2.44. The van der Waals surface area contributed by atoms with Crippen LogP contribution in [0.3, 0.4) is 0 Å². The molecule has 0 aromatic carbocycles. The number of rotatable bonds is 5. The fraction of sp³-hybridized carbons (Fsp3) is 0.389. The van der Waals surface area contributed by atoms with E-state index in [2.05, 4.69) is 31.8 Å². The molecule has 2 heterocycles. The van der Waals surface area contributed by atoms with Crippen molar-refractivity contribution in [3.63, 3.8) is 0 Å². The number of hydrogen-bond acceptors (Lipinski definition) is 7. The summed E-state index contributed by atoms with van der Waals surface area (Å²) in [5.74, 6) is 0. The van der Waals surface area contributed by atoms with E-state index in [0.29, 0.717) is 0 Å². The number of nitrogens with two attached hydrogens (primary N) is 1. The first-order chi connectivity index (χ1) is 12.6. The Morgan fingerprint density at radius 3 is 2.19 bits per heavy atom. The number of nitrogens with one attached hydrogen (secondary N) is 1. The smallest absolute Gasteiger partial charge is 0.408 e. The molecular weight excluding hydrogens is 332 g/mol. The highest BCUT2D eigenvalue weighted by molar-refractivity contribution is 5.69. The van der Waals surface area contributed by atoms with Crippen LogP contribution in [0.25, 0.3) is 0 Å². The van der Waals surface area contributed by atoms with Crippen molar-refractivity contribution in [1.29, 1.82) is 0 Å². The highest BCUT2D eigenvalue weighted by Gasteiger charge is 2.47. The second-order valence-corrected chi connectivity index (χ2v) is 6.43. The Balaban J connectivity index is 0.000000167. The highest BCUT2D eigenvalue weighted by atomic mass is 16.5. The molecule has 0 radical (unpaired) electrons. The molecule has 2 aromatic rings. The third kappa shape index (κ3) is 4.40. The van der Waals surface area contributed by atoms with Crippen LogP contribution < -0.4 is 11.1 Å². The average molecular weight is 354 g/mol. The predicted octanol–water partition coefficient (Wildman–Crippen LogP) is 1.80. The predicted molar refractivity (Wildman–Crippen MR) is 94.8 cm³/mol. The maximum Gasteiger partial charge on any atom is 0.408 e. The van der Waals surface area contributed by atoms with Crippen LogP contribution in [0.5, 0.6) is 0 Å². The molecule has 0 atom stereocenters. The molecule has 136 valence electrons. The minimum atomic E-state index is -0.442. The van der Waals surface area contributed by atoms with Crippen LogP contribution >= 0.6 is 0 Å². The Kier molecular flexibility index (Phi) is 5.22. The summed E-state index contributed by atoms with van der Waals surface area (Å²) in [5, 5.41) is 2.81. The van der Waals surface area contributed by atoms with Crippen LogP contribution in [0.15, 0.2) is 49.8 Å². The first-order valence-electron chi connectivity index (χ1n) is 8.46. The van der Waals surface area contributed by atoms with Crippen LogP contribution in [0.1, 0.15) is 37.1 Å². The van der Waals surface area contributed by atoms with Crippen LogP contribution in [0.4, 0.5) is 4.79 Å². The summed E-state index contributed by atoms with van der Waals surface area (Å²) in [6.07, 6.45) is 14.9. The van der Waals surface area contributed by atoms with E-state index in [1.165, 1.54) is 6.08 Å². The summed E-state index contributed by atoms with van der Waals surface area (Å²) < 4.78 is 4.87. The summed E-state index contributed by atoms with van der Waals surface area (Å²) in [7, 11) is 0. The molecule has 8 heteroatoms. The minimum absolute atomic E-state index is 0.131. The van der Waals surface area contributed by atoms with Gasteiger partial charge in [0.05, 0.1) is 34.9 Å². The van der Waals surface area contributed by atoms with Crippen molar-refractivity contribution in [1.82, 2.24) is 25.3 Å². The van der Waals surface area contributed by atoms with E-state index in [1.807, 2.05) is 0 Å². The second-order valence-electron chi connectivity index (χ2n) is 6.43. The Labute approximate surface area is 151 Å². The van der Waals surface area contributed by atoms with Gasteiger partial charge in [-0.1, -0.05) is 12.7 Å². The largest absolute Gasteiger partial charge is 0.445 e. The lowest BCUT2D eigenvalue weighted by Crippen LogP contribution is -2.36. The molecular formula is C18H22N6O2. The average Bonchev–Trinajstić information content (AvgIpc) is 3.61. The van der Waals surface area contributed by atoms with Gasteiger partial charge in [0.1, 0.15) is 6.61 Å². The van der Waals surface area contributed by atoms with Crippen molar-refractivity contribution in [3.05, 3.63) is 61.2 Å². The monoisotopic (exact) mass is 354 g/mol. The molecule has 0 spiro atoms. The standard InChI is InChI=1S/C11H13N3O2.C7H9N3/c1-2-7-16-10(15)14-11(3-4-11)9-8-12-5-6-13-9;8-7(1-2-7)6-5-9-3-4-10-6/h2,5-6,8H,1,3-4,7H2,(H,14,15);3-5H,1-2,8H2. The maximum absolute atomic E-state index is 11.4. The Morgan fingerprint density at radius 2 is 1.73 bits per heavy atom. The summed E-state index contributed by atoms with van der Waals surface area (Å²) in [6, 6.07) is 0. The van der Waals surface area contributed by atoms with Crippen molar-refractivity contribution >= 4 is 6.09 Å². The molecule has 0 aliphatic heterocycles. The number of carbonyl (C=O) groups excluding carboxylic acids is 1. The second kappa shape index (κ2) is 7.57. The van der Waals surface area contributed by atoms with Gasteiger partial charge in [-0.05, 0) is 25.7 Å².